The van der Waals surface area contributed by atoms with E-state index in [9.17, 15) is 20.1 Å². The second-order valence-electron chi connectivity index (χ2n) is 7.92. The Morgan fingerprint density at radius 1 is 1.24 bits per heavy atom. The molecule has 3 N–H and O–H groups in total. The molecule has 150 valence electrons. The van der Waals surface area contributed by atoms with Gasteiger partial charge in [-0.05, 0) is 32.1 Å². The summed E-state index contributed by atoms with van der Waals surface area (Å²) in [5.74, 6) is -0.837. The van der Waals surface area contributed by atoms with Crippen molar-refractivity contribution in [1.82, 2.24) is 4.90 Å². The summed E-state index contributed by atoms with van der Waals surface area (Å²) in [6, 6.07) is 9.36. The maximum Gasteiger partial charge on any atom is 0.197 e. The lowest BCUT2D eigenvalue weighted by Gasteiger charge is -2.42. The third-order valence-corrected chi connectivity index (χ3v) is 5.96. The number of benzene rings is 2. The fraction of sp³-hybridized carbons (Fsp3) is 0.286. The Morgan fingerprint density at radius 3 is 2.66 bits per heavy atom. The van der Waals surface area contributed by atoms with Crippen LogP contribution < -0.4 is 5.43 Å². The number of likely N-dealkylation sites (tertiary alicyclic amines) is 1. The van der Waals surface area contributed by atoms with Gasteiger partial charge in [0, 0.05) is 35.7 Å². The summed E-state index contributed by atoms with van der Waals surface area (Å²) in [5, 5.41) is 32.4. The topological polar surface area (TPSA) is 94.1 Å². The van der Waals surface area contributed by atoms with Crippen molar-refractivity contribution >= 4 is 30.4 Å². The molecule has 0 saturated carbocycles. The summed E-state index contributed by atoms with van der Waals surface area (Å²) in [6.07, 6.45) is 0.553. The smallest absolute Gasteiger partial charge is 0.197 e. The monoisotopic (exact) mass is 413 g/mol. The molecule has 0 radical (unpaired) electrons. The predicted octanol–water partition coefficient (Wildman–Crippen LogP) is 2.27. The van der Waals surface area contributed by atoms with Crippen LogP contribution in [0.1, 0.15) is 17.9 Å². The minimum Gasteiger partial charge on any atom is -0.507 e. The van der Waals surface area contributed by atoms with E-state index < -0.39 is 16.8 Å². The SMILES string of the molecule is BC1(O)CN(C)CCC1c1c(O)cc(O)c2c(=O)cc(-c3ccccc3Cl)oc12. The van der Waals surface area contributed by atoms with E-state index in [1.165, 1.54) is 6.07 Å². The number of hydrogen-bond donors (Lipinski definition) is 3. The molecular weight excluding hydrogens is 392 g/mol. The first kappa shape index (κ1) is 19.8. The Labute approximate surface area is 173 Å². The first-order chi connectivity index (χ1) is 13.7. The Bertz CT molecular complexity index is 1160. The average molecular weight is 414 g/mol. The molecule has 0 spiro atoms. The number of β-amino-alcohol motifs (C(OH)–C–C–N with tert-alkyl or cyclic N) is 1. The van der Waals surface area contributed by atoms with Crippen LogP contribution in [-0.2, 0) is 0 Å². The van der Waals surface area contributed by atoms with Crippen molar-refractivity contribution in [3.05, 3.63) is 57.2 Å². The van der Waals surface area contributed by atoms with Gasteiger partial charge in [-0.1, -0.05) is 23.7 Å². The number of fused-ring (bicyclic) bond motifs is 1. The molecule has 3 aromatic rings. The van der Waals surface area contributed by atoms with E-state index in [4.69, 9.17) is 16.0 Å². The van der Waals surface area contributed by atoms with Gasteiger partial charge in [-0.2, -0.15) is 0 Å². The highest BCUT2D eigenvalue weighted by Gasteiger charge is 2.40. The van der Waals surface area contributed by atoms with Gasteiger partial charge < -0.3 is 24.6 Å². The highest BCUT2D eigenvalue weighted by Crippen LogP contribution is 2.45. The normalized spacial score (nSPS) is 22.8. The maximum atomic E-state index is 12.8. The molecular formula is C21H21BClNO5. The van der Waals surface area contributed by atoms with Crippen LogP contribution in [0.2, 0.25) is 5.02 Å². The molecule has 2 heterocycles. The van der Waals surface area contributed by atoms with Gasteiger partial charge in [0.05, 0.1) is 10.5 Å². The summed E-state index contributed by atoms with van der Waals surface area (Å²) >= 11 is 6.27. The van der Waals surface area contributed by atoms with Crippen molar-refractivity contribution in [2.24, 2.45) is 0 Å². The minimum atomic E-state index is -1.16. The number of likely N-dealkylation sites (N-methyl/N-ethyl adjacent to an activating group) is 1. The second kappa shape index (κ2) is 7.09. The fourth-order valence-corrected chi connectivity index (χ4v) is 4.53. The summed E-state index contributed by atoms with van der Waals surface area (Å²) in [7, 11) is 3.61. The van der Waals surface area contributed by atoms with Gasteiger partial charge in [0.2, 0.25) is 0 Å². The number of rotatable bonds is 2. The number of phenolic OH excluding ortho intramolecular Hbond substituents is 2. The zero-order valence-electron chi connectivity index (χ0n) is 16.1. The van der Waals surface area contributed by atoms with Gasteiger partial charge in [0.15, 0.2) is 5.43 Å². The van der Waals surface area contributed by atoms with Crippen molar-refractivity contribution < 1.29 is 19.7 Å². The van der Waals surface area contributed by atoms with Crippen molar-refractivity contribution in [1.29, 1.82) is 0 Å². The minimum absolute atomic E-state index is 0.0247. The molecule has 0 aliphatic carbocycles. The highest BCUT2D eigenvalue weighted by molar-refractivity contribution is 6.33. The second-order valence-corrected chi connectivity index (χ2v) is 8.33. The first-order valence-corrected chi connectivity index (χ1v) is 9.75. The molecule has 0 amide bonds. The summed E-state index contributed by atoms with van der Waals surface area (Å²) < 4.78 is 6.05. The summed E-state index contributed by atoms with van der Waals surface area (Å²) in [5.41, 5.74) is -0.695. The Kier molecular flexibility index (Phi) is 4.85. The van der Waals surface area contributed by atoms with Gasteiger partial charge in [-0.3, -0.25) is 4.79 Å². The molecule has 1 fully saturated rings. The molecule has 1 saturated heterocycles. The lowest BCUT2D eigenvalue weighted by Crippen LogP contribution is -2.52. The van der Waals surface area contributed by atoms with Gasteiger partial charge in [0.25, 0.3) is 0 Å². The van der Waals surface area contributed by atoms with Gasteiger partial charge in [0.1, 0.15) is 36.1 Å². The Balaban J connectivity index is 2.02. The van der Waals surface area contributed by atoms with Gasteiger partial charge >= 0.3 is 0 Å². The predicted molar refractivity (Wildman–Crippen MR) is 115 cm³/mol. The third kappa shape index (κ3) is 3.39. The molecule has 0 bridgehead atoms. The van der Waals surface area contributed by atoms with E-state index in [0.29, 0.717) is 35.7 Å². The van der Waals surface area contributed by atoms with Crippen LogP contribution in [0.15, 0.2) is 45.6 Å². The number of aliphatic hydroxyl groups is 1. The Hall–Kier alpha value is -2.48. The zero-order valence-corrected chi connectivity index (χ0v) is 16.9. The molecule has 8 heteroatoms. The van der Waals surface area contributed by atoms with Crippen molar-refractivity contribution in [2.45, 2.75) is 17.8 Å². The van der Waals surface area contributed by atoms with Crippen LogP contribution in [-0.4, -0.2) is 53.7 Å². The van der Waals surface area contributed by atoms with Gasteiger partial charge in [-0.15, -0.1) is 0 Å². The number of aromatic hydroxyl groups is 2. The molecule has 6 nitrogen and oxygen atoms in total. The largest absolute Gasteiger partial charge is 0.507 e. The molecule has 2 aromatic carbocycles. The van der Waals surface area contributed by atoms with E-state index in [1.54, 1.807) is 32.1 Å². The molecule has 1 aliphatic rings. The number of hydrogen-bond acceptors (Lipinski definition) is 6. The van der Waals surface area contributed by atoms with Crippen LogP contribution in [0.25, 0.3) is 22.3 Å². The van der Waals surface area contributed by atoms with Crippen molar-refractivity contribution in [3.8, 4) is 22.8 Å². The van der Waals surface area contributed by atoms with Crippen LogP contribution in [0, 0.1) is 0 Å². The number of halogens is 1. The fourth-order valence-electron chi connectivity index (χ4n) is 4.30. The average Bonchev–Trinajstić information content (AvgIpc) is 2.62. The van der Waals surface area contributed by atoms with Crippen molar-refractivity contribution in [3.63, 3.8) is 0 Å². The quantitative estimate of drug-likeness (QED) is 0.558. The maximum absolute atomic E-state index is 12.8. The molecule has 29 heavy (non-hydrogen) atoms. The molecule has 1 aromatic heterocycles. The van der Waals surface area contributed by atoms with Gasteiger partial charge in [-0.25, -0.2) is 0 Å². The van der Waals surface area contributed by atoms with E-state index in [1.807, 2.05) is 11.9 Å². The Morgan fingerprint density at radius 2 is 1.97 bits per heavy atom. The number of phenols is 2. The van der Waals surface area contributed by atoms with Crippen LogP contribution in [0.5, 0.6) is 11.5 Å². The van der Waals surface area contributed by atoms with Crippen molar-refractivity contribution in [2.75, 3.05) is 20.1 Å². The molecule has 2 unspecified atom stereocenters. The van der Waals surface area contributed by atoms with Crippen LogP contribution >= 0.6 is 11.6 Å². The molecule has 1 aliphatic heterocycles. The standard InChI is InChI=1S/C21H21BClNO5/c1-24-7-6-12(21(22,28)10-24)18-14(25)8-15(26)19-16(27)9-17(29-20(18)19)11-4-2-3-5-13(11)23/h2-5,8-9,12,25-26,28H,6-7,10,22H2,1H3. The third-order valence-electron chi connectivity index (χ3n) is 5.63. The summed E-state index contributed by atoms with van der Waals surface area (Å²) in [6.45, 7) is 1.10. The number of piperidine rings is 1. The highest BCUT2D eigenvalue weighted by atomic mass is 35.5. The van der Waals surface area contributed by atoms with E-state index >= 15 is 0 Å². The first-order valence-electron chi connectivity index (χ1n) is 9.37. The number of nitrogens with zero attached hydrogens (tertiary/aromatic N) is 1. The molecule has 4 rings (SSSR count). The summed E-state index contributed by atoms with van der Waals surface area (Å²) in [4.78, 5) is 14.9. The lowest BCUT2D eigenvalue weighted by molar-refractivity contribution is 0.0260. The zero-order chi connectivity index (χ0) is 20.9. The van der Waals surface area contributed by atoms with Crippen LogP contribution in [0.4, 0.5) is 0 Å². The lowest BCUT2D eigenvalue weighted by atomic mass is 9.65. The van der Waals surface area contributed by atoms with Crippen LogP contribution in [0.3, 0.4) is 0 Å². The van der Waals surface area contributed by atoms with E-state index in [2.05, 4.69) is 0 Å². The van der Waals surface area contributed by atoms with E-state index in [0.717, 1.165) is 6.07 Å². The van der Waals surface area contributed by atoms with E-state index in [-0.39, 0.29) is 28.2 Å². The molecule has 2 atom stereocenters.